The molecule has 1 heterocycles. The Morgan fingerprint density at radius 3 is 2.50 bits per heavy atom. The van der Waals surface area contributed by atoms with Crippen LogP contribution in [0, 0.1) is 6.92 Å². The molecule has 0 aliphatic rings. The van der Waals surface area contributed by atoms with Crippen LogP contribution in [0.5, 0.6) is 0 Å². The van der Waals surface area contributed by atoms with E-state index in [1.165, 1.54) is 6.08 Å². The van der Waals surface area contributed by atoms with E-state index >= 15 is 0 Å². The molecule has 1 atom stereocenters. The maximum absolute atomic E-state index is 12.3. The second-order valence-electron chi connectivity index (χ2n) is 6.07. The summed E-state index contributed by atoms with van der Waals surface area (Å²) in [6.45, 7) is 3.52. The van der Waals surface area contributed by atoms with Crippen LogP contribution < -0.4 is 0 Å². The van der Waals surface area contributed by atoms with Gasteiger partial charge >= 0.3 is 5.97 Å². The predicted molar refractivity (Wildman–Crippen MR) is 102 cm³/mol. The van der Waals surface area contributed by atoms with Crippen LogP contribution in [0.2, 0.25) is 0 Å². The molecule has 1 unspecified atom stereocenters. The van der Waals surface area contributed by atoms with Gasteiger partial charge in [-0.3, -0.25) is 4.79 Å². The molecule has 0 N–H and O–H groups in total. The minimum atomic E-state index is -0.848. The van der Waals surface area contributed by atoms with Crippen LogP contribution in [0.4, 0.5) is 0 Å². The van der Waals surface area contributed by atoms with E-state index in [9.17, 15) is 9.59 Å². The zero-order valence-corrected chi connectivity index (χ0v) is 14.7. The summed E-state index contributed by atoms with van der Waals surface area (Å²) in [5.74, 6) is -0.802. The maximum Gasteiger partial charge on any atom is 0.331 e. The zero-order valence-electron chi connectivity index (χ0n) is 14.7. The lowest BCUT2D eigenvalue weighted by Gasteiger charge is -2.11. The molecule has 26 heavy (non-hydrogen) atoms. The number of aryl methyl sites for hydroxylation is 1. The fraction of sp³-hybridized carbons (Fsp3) is 0.136. The maximum atomic E-state index is 12.3. The lowest BCUT2D eigenvalue weighted by Crippen LogP contribution is -2.23. The molecule has 0 aliphatic carbocycles. The van der Waals surface area contributed by atoms with Gasteiger partial charge in [0.25, 0.3) is 0 Å². The zero-order chi connectivity index (χ0) is 18.5. The molecule has 4 heteroatoms. The number of carbonyl (C=O) groups is 2. The SMILES string of the molecule is Cc1ccc(C(=O)C(C)OC(=O)/C=C/c2ccc3ccccc3n2)cc1. The molecule has 0 spiro atoms. The van der Waals surface area contributed by atoms with Gasteiger partial charge in [0.2, 0.25) is 5.78 Å². The third kappa shape index (κ3) is 4.22. The van der Waals surface area contributed by atoms with Crippen molar-refractivity contribution in [1.29, 1.82) is 0 Å². The van der Waals surface area contributed by atoms with Gasteiger partial charge < -0.3 is 4.74 Å². The number of ketones is 1. The Morgan fingerprint density at radius 1 is 1.00 bits per heavy atom. The highest BCUT2D eigenvalue weighted by Crippen LogP contribution is 2.13. The van der Waals surface area contributed by atoms with Crippen molar-refractivity contribution in [2.24, 2.45) is 0 Å². The predicted octanol–water partition coefficient (Wildman–Crippen LogP) is 4.37. The largest absolute Gasteiger partial charge is 0.451 e. The summed E-state index contributed by atoms with van der Waals surface area (Å²) in [5.41, 5.74) is 3.09. The number of rotatable bonds is 5. The third-order valence-corrected chi connectivity index (χ3v) is 4.01. The molecule has 0 aliphatic heterocycles. The summed E-state index contributed by atoms with van der Waals surface area (Å²) in [6.07, 6.45) is 2.02. The van der Waals surface area contributed by atoms with Gasteiger partial charge in [-0.2, -0.15) is 0 Å². The number of esters is 1. The van der Waals surface area contributed by atoms with Crippen molar-refractivity contribution in [2.45, 2.75) is 20.0 Å². The molecule has 2 aromatic carbocycles. The van der Waals surface area contributed by atoms with Gasteiger partial charge in [0.05, 0.1) is 11.2 Å². The van der Waals surface area contributed by atoms with Gasteiger partial charge in [-0.1, -0.05) is 54.1 Å². The topological polar surface area (TPSA) is 56.3 Å². The highest BCUT2D eigenvalue weighted by atomic mass is 16.5. The fourth-order valence-corrected chi connectivity index (χ4v) is 2.55. The highest BCUT2D eigenvalue weighted by Gasteiger charge is 2.18. The quantitative estimate of drug-likeness (QED) is 0.391. The number of pyridine rings is 1. The average molecular weight is 345 g/mol. The van der Waals surface area contributed by atoms with E-state index in [4.69, 9.17) is 4.74 Å². The number of aromatic nitrogens is 1. The van der Waals surface area contributed by atoms with Gasteiger partial charge in [0.1, 0.15) is 0 Å². The summed E-state index contributed by atoms with van der Waals surface area (Å²) < 4.78 is 5.20. The normalized spacial score (nSPS) is 12.2. The van der Waals surface area contributed by atoms with Crippen molar-refractivity contribution in [2.75, 3.05) is 0 Å². The van der Waals surface area contributed by atoms with E-state index in [1.807, 2.05) is 55.5 Å². The van der Waals surface area contributed by atoms with Crippen molar-refractivity contribution in [3.8, 4) is 0 Å². The third-order valence-electron chi connectivity index (χ3n) is 4.01. The number of hydrogen-bond acceptors (Lipinski definition) is 4. The number of carbonyl (C=O) groups excluding carboxylic acids is 2. The molecule has 3 aromatic rings. The van der Waals surface area contributed by atoms with E-state index in [0.29, 0.717) is 11.3 Å². The lowest BCUT2D eigenvalue weighted by molar-refractivity contribution is -0.140. The summed E-state index contributed by atoms with van der Waals surface area (Å²) in [7, 11) is 0. The van der Waals surface area contributed by atoms with Crippen LogP contribution >= 0.6 is 0 Å². The first-order valence-corrected chi connectivity index (χ1v) is 8.38. The van der Waals surface area contributed by atoms with Crippen molar-refractivity contribution in [3.05, 3.63) is 83.6 Å². The molecule has 0 bridgehead atoms. The van der Waals surface area contributed by atoms with E-state index in [2.05, 4.69) is 4.98 Å². The Hall–Kier alpha value is -3.27. The Balaban J connectivity index is 1.64. The smallest absolute Gasteiger partial charge is 0.331 e. The second kappa shape index (κ2) is 7.74. The number of hydrogen-bond donors (Lipinski definition) is 0. The first-order valence-electron chi connectivity index (χ1n) is 8.38. The molecule has 0 saturated heterocycles. The number of Topliss-reactive ketones (excluding diaryl/α,β-unsaturated/α-hetero) is 1. The minimum absolute atomic E-state index is 0.226. The molecular formula is C22H19NO3. The lowest BCUT2D eigenvalue weighted by atomic mass is 10.1. The molecule has 130 valence electrons. The first kappa shape index (κ1) is 17.5. The van der Waals surface area contributed by atoms with Gasteiger partial charge in [0.15, 0.2) is 6.10 Å². The monoisotopic (exact) mass is 345 g/mol. The number of fused-ring (bicyclic) bond motifs is 1. The summed E-state index contributed by atoms with van der Waals surface area (Å²) in [5, 5.41) is 1.03. The Morgan fingerprint density at radius 2 is 1.73 bits per heavy atom. The highest BCUT2D eigenvalue weighted by molar-refractivity contribution is 6.01. The van der Waals surface area contributed by atoms with Crippen LogP contribution in [-0.4, -0.2) is 22.8 Å². The van der Waals surface area contributed by atoms with Crippen molar-refractivity contribution in [3.63, 3.8) is 0 Å². The Labute approximate surface area is 152 Å². The summed E-state index contributed by atoms with van der Waals surface area (Å²) >= 11 is 0. The van der Waals surface area contributed by atoms with Crippen molar-refractivity contribution < 1.29 is 14.3 Å². The van der Waals surface area contributed by atoms with Crippen LogP contribution in [0.1, 0.15) is 28.5 Å². The second-order valence-corrected chi connectivity index (χ2v) is 6.07. The molecule has 4 nitrogen and oxygen atoms in total. The van der Waals surface area contributed by atoms with Crippen molar-refractivity contribution >= 4 is 28.7 Å². The minimum Gasteiger partial charge on any atom is -0.451 e. The Bertz CT molecular complexity index is 974. The molecule has 3 rings (SSSR count). The van der Waals surface area contributed by atoms with Crippen LogP contribution in [0.25, 0.3) is 17.0 Å². The summed E-state index contributed by atoms with van der Waals surface area (Å²) in [6, 6.07) is 18.7. The Kier molecular flexibility index (Phi) is 5.23. The standard InChI is InChI=1S/C22H19NO3/c1-15-7-9-18(10-8-15)22(25)16(2)26-21(24)14-13-19-12-11-17-5-3-4-6-20(17)23-19/h3-14,16H,1-2H3/b14-13+. The van der Waals surface area contributed by atoms with Gasteiger partial charge in [-0.25, -0.2) is 9.78 Å². The van der Waals surface area contributed by atoms with E-state index in [-0.39, 0.29) is 5.78 Å². The van der Waals surface area contributed by atoms with Crippen molar-refractivity contribution in [1.82, 2.24) is 4.98 Å². The molecule has 0 saturated carbocycles. The van der Waals surface area contributed by atoms with Gasteiger partial charge in [-0.05, 0) is 32.1 Å². The number of nitrogens with zero attached hydrogens (tertiary/aromatic N) is 1. The molecule has 1 aromatic heterocycles. The van der Waals surface area contributed by atoms with Gasteiger partial charge in [-0.15, -0.1) is 0 Å². The number of benzene rings is 2. The van der Waals surface area contributed by atoms with E-state index in [0.717, 1.165) is 16.5 Å². The van der Waals surface area contributed by atoms with E-state index < -0.39 is 12.1 Å². The molecule has 0 amide bonds. The van der Waals surface area contributed by atoms with E-state index in [1.54, 1.807) is 25.1 Å². The molecule has 0 radical (unpaired) electrons. The number of para-hydroxylation sites is 1. The number of ether oxygens (including phenoxy) is 1. The van der Waals surface area contributed by atoms with Crippen LogP contribution in [-0.2, 0) is 9.53 Å². The average Bonchev–Trinajstić information content (AvgIpc) is 2.66. The molecular weight excluding hydrogens is 326 g/mol. The summed E-state index contributed by atoms with van der Waals surface area (Å²) in [4.78, 5) is 28.7. The fourth-order valence-electron chi connectivity index (χ4n) is 2.55. The first-order chi connectivity index (χ1) is 12.5. The molecule has 0 fully saturated rings. The van der Waals surface area contributed by atoms with Crippen LogP contribution in [0.15, 0.2) is 66.7 Å². The van der Waals surface area contributed by atoms with Gasteiger partial charge in [0, 0.05) is 17.0 Å². The van der Waals surface area contributed by atoms with Crippen LogP contribution in [0.3, 0.4) is 0 Å².